The fourth-order valence-electron chi connectivity index (χ4n) is 11.6. The molecular formula is C69H84Cl3N3O7S2Si. The third-order valence-electron chi connectivity index (χ3n) is 15.6. The van der Waals surface area contributed by atoms with E-state index in [4.69, 9.17) is 44.0 Å². The van der Waals surface area contributed by atoms with Crippen molar-refractivity contribution in [3.05, 3.63) is 228 Å². The Kier molecular flexibility index (Phi) is 26.4. The van der Waals surface area contributed by atoms with Crippen molar-refractivity contribution in [2.24, 2.45) is 5.92 Å². The molecule has 0 unspecified atom stereocenters. The lowest BCUT2D eigenvalue weighted by atomic mass is 9.84. The topological polar surface area (TPSA) is 143 Å². The first kappa shape index (κ1) is 68.8. The van der Waals surface area contributed by atoms with Crippen LogP contribution in [0, 0.1) is 5.92 Å². The monoisotopic (exact) mass is 1260 g/mol. The maximum absolute atomic E-state index is 15.5. The summed E-state index contributed by atoms with van der Waals surface area (Å²) >= 11 is 21.4. The highest BCUT2D eigenvalue weighted by Gasteiger charge is 2.49. The molecule has 5 atom stereocenters. The van der Waals surface area contributed by atoms with E-state index in [0.29, 0.717) is 12.2 Å². The van der Waals surface area contributed by atoms with E-state index in [1.54, 1.807) is 24.8 Å². The first-order chi connectivity index (χ1) is 40.5. The Morgan fingerprint density at radius 2 is 0.929 bits per heavy atom. The van der Waals surface area contributed by atoms with E-state index in [0.717, 1.165) is 33.4 Å². The second-order valence-electron chi connectivity index (χ2n) is 22.8. The smallest absolute Gasteiger partial charge is 0.308 e. The number of alkyl halides is 3. The molecular weight excluding hydrogens is 1180 g/mol. The van der Waals surface area contributed by atoms with Crippen LogP contribution in [-0.4, -0.2) is 89.4 Å². The molecule has 85 heavy (non-hydrogen) atoms. The SMILES string of the molecule is CC(C)[C@@H](NC(=O)[C@@H](CSC(c1ccccc1)(c1ccccc1)c1ccccc1)NC(=O)[C@@H](C)NC(=O)C[C@H](O)/C=C/CCSC(c1ccccc1)(c1ccccc1)c1ccccc1)[C@H](CC(=O)OCC(Cl)(Cl)Cl)O[Si](C(C)C)(C(C)C)C(C)C. The van der Waals surface area contributed by atoms with Crippen molar-refractivity contribution in [3.8, 4) is 0 Å². The minimum absolute atomic E-state index is 0.0478. The first-order valence-corrected chi connectivity index (χ1v) is 34.6. The van der Waals surface area contributed by atoms with Crippen LogP contribution in [0.15, 0.2) is 194 Å². The van der Waals surface area contributed by atoms with Crippen molar-refractivity contribution < 1.29 is 33.4 Å². The second kappa shape index (κ2) is 32.6. The summed E-state index contributed by atoms with van der Waals surface area (Å²) in [6, 6.07) is 58.3. The van der Waals surface area contributed by atoms with Crippen LogP contribution in [0.25, 0.3) is 0 Å². The Labute approximate surface area is 529 Å². The van der Waals surface area contributed by atoms with E-state index in [1.165, 1.54) is 11.8 Å². The van der Waals surface area contributed by atoms with E-state index in [2.05, 4.69) is 167 Å². The van der Waals surface area contributed by atoms with Gasteiger partial charge in [-0.3, -0.25) is 19.2 Å². The average molecular weight is 1270 g/mol. The minimum Gasteiger partial charge on any atom is -0.461 e. The standard InChI is InChI=1S/C69H84Cl3N3O7S2Si/c1-48(2)64(61(45-63(78)81-47-67(70,71)72)82-85(49(3)4,50(5)6)51(7)8)75-66(80)60(46-84-69(56-36-22-13-23-37-56,57-38-24-14-25-39-57)58-40-26-15-27-41-58)74-65(79)52(9)73-62(77)44-59(76)42-28-29-43-83-68(53-30-16-10-17-31-53,54-32-18-11-19-33-54)55-34-20-12-21-35-55/h10-28,30-42,48-52,59-61,64,76H,29,43-47H2,1-9H3,(H,73,77)(H,74,79)(H,75,80)/b42-28+/t52-,59-,60-,61+,64-/m1/s1. The summed E-state index contributed by atoms with van der Waals surface area (Å²) in [5, 5.41) is 20.3. The van der Waals surface area contributed by atoms with Gasteiger partial charge in [0.25, 0.3) is 0 Å². The van der Waals surface area contributed by atoms with Crippen LogP contribution in [0.3, 0.4) is 0 Å². The van der Waals surface area contributed by atoms with Crippen molar-refractivity contribution in [1.29, 1.82) is 0 Å². The van der Waals surface area contributed by atoms with Gasteiger partial charge in [-0.25, -0.2) is 0 Å². The van der Waals surface area contributed by atoms with Crippen molar-refractivity contribution in [1.82, 2.24) is 16.0 Å². The van der Waals surface area contributed by atoms with E-state index in [9.17, 15) is 19.5 Å². The predicted octanol–water partition coefficient (Wildman–Crippen LogP) is 15.1. The molecule has 3 amide bonds. The summed E-state index contributed by atoms with van der Waals surface area (Å²) in [4.78, 5) is 57.6. The van der Waals surface area contributed by atoms with E-state index in [1.807, 2.05) is 92.7 Å². The lowest BCUT2D eigenvalue weighted by Gasteiger charge is -2.46. The first-order valence-electron chi connectivity index (χ1n) is 29.3. The van der Waals surface area contributed by atoms with Crippen molar-refractivity contribution in [2.75, 3.05) is 18.1 Å². The quantitative estimate of drug-likeness (QED) is 0.00835. The van der Waals surface area contributed by atoms with Gasteiger partial charge in [0.2, 0.25) is 29.8 Å². The minimum atomic E-state index is -2.75. The number of thioether (sulfide) groups is 2. The summed E-state index contributed by atoms with van der Waals surface area (Å²) in [5.41, 5.74) is 6.66. The molecule has 0 heterocycles. The van der Waals surface area contributed by atoms with Crippen LogP contribution in [0.2, 0.25) is 16.6 Å². The number of nitrogens with one attached hydrogen (secondary N) is 3. The van der Waals surface area contributed by atoms with Gasteiger partial charge in [-0.1, -0.05) is 284 Å². The molecule has 0 saturated carbocycles. The number of carbonyl (C=O) groups is 4. The highest BCUT2D eigenvalue weighted by molar-refractivity contribution is 8.00. The van der Waals surface area contributed by atoms with Crippen LogP contribution in [0.4, 0.5) is 0 Å². The number of hydrogen-bond acceptors (Lipinski definition) is 9. The zero-order valence-electron chi connectivity index (χ0n) is 50.3. The van der Waals surface area contributed by atoms with Gasteiger partial charge in [0.05, 0.1) is 40.6 Å². The molecule has 0 fully saturated rings. The molecule has 0 bridgehead atoms. The molecule has 0 spiro atoms. The van der Waals surface area contributed by atoms with Gasteiger partial charge in [0.1, 0.15) is 18.7 Å². The Morgan fingerprint density at radius 3 is 1.29 bits per heavy atom. The van der Waals surface area contributed by atoms with Gasteiger partial charge in [-0.2, -0.15) is 0 Å². The molecule has 0 aromatic heterocycles. The van der Waals surface area contributed by atoms with Crippen LogP contribution < -0.4 is 16.0 Å². The molecule has 10 nitrogen and oxygen atoms in total. The fourth-order valence-corrected chi connectivity index (χ4v) is 20.4. The lowest BCUT2D eigenvalue weighted by molar-refractivity contribution is -0.146. The van der Waals surface area contributed by atoms with Gasteiger partial charge in [-0.15, -0.1) is 23.5 Å². The van der Waals surface area contributed by atoms with Gasteiger partial charge < -0.3 is 30.2 Å². The van der Waals surface area contributed by atoms with E-state index >= 15 is 4.79 Å². The van der Waals surface area contributed by atoms with Gasteiger partial charge in [-0.05, 0) is 75.0 Å². The molecule has 0 aliphatic carbocycles. The summed E-state index contributed by atoms with van der Waals surface area (Å²) < 4.78 is 9.65. The van der Waals surface area contributed by atoms with E-state index in [-0.39, 0.29) is 41.1 Å². The van der Waals surface area contributed by atoms with Gasteiger partial charge in [0, 0.05) is 5.75 Å². The maximum Gasteiger partial charge on any atom is 0.308 e. The number of hydrogen-bond donors (Lipinski definition) is 4. The van der Waals surface area contributed by atoms with Gasteiger partial charge in [0.15, 0.2) is 0 Å². The number of amides is 3. The third-order valence-corrected chi connectivity index (χ3v) is 25.2. The Balaban J connectivity index is 1.26. The Hall–Kier alpha value is -5.35. The second-order valence-corrected chi connectivity index (χ2v) is 33.3. The summed E-state index contributed by atoms with van der Waals surface area (Å²) in [6.45, 7) is 17.8. The highest BCUT2D eigenvalue weighted by atomic mass is 35.6. The number of allylic oxidation sites excluding steroid dienone is 1. The molecule has 0 saturated heterocycles. The lowest BCUT2D eigenvalue weighted by Crippen LogP contribution is -2.60. The van der Waals surface area contributed by atoms with Crippen molar-refractivity contribution >= 4 is 90.3 Å². The number of aliphatic hydroxyl groups is 1. The summed E-state index contributed by atoms with van der Waals surface area (Å²) in [6.07, 6.45) is 1.55. The molecule has 0 aliphatic rings. The van der Waals surface area contributed by atoms with E-state index < -0.39 is 82.2 Å². The number of halogens is 3. The van der Waals surface area contributed by atoms with Crippen molar-refractivity contribution in [3.63, 3.8) is 0 Å². The number of ether oxygens (including phenoxy) is 1. The molecule has 6 aromatic carbocycles. The third kappa shape index (κ3) is 18.4. The van der Waals surface area contributed by atoms with Gasteiger partial charge >= 0.3 is 5.97 Å². The number of carbonyl (C=O) groups excluding carboxylic acids is 4. The Morgan fingerprint density at radius 1 is 0.541 bits per heavy atom. The number of benzene rings is 6. The molecule has 6 rings (SSSR count). The molecule has 4 N–H and O–H groups in total. The molecule has 0 aliphatic heterocycles. The normalized spacial score (nSPS) is 14.2. The highest BCUT2D eigenvalue weighted by Crippen LogP contribution is 2.50. The number of esters is 1. The number of aliphatic hydroxyl groups excluding tert-OH is 1. The predicted molar refractivity (Wildman–Crippen MR) is 356 cm³/mol. The van der Waals surface area contributed by atoms with Crippen LogP contribution in [-0.2, 0) is 37.8 Å². The summed E-state index contributed by atoms with van der Waals surface area (Å²) in [5.74, 6) is -1.90. The summed E-state index contributed by atoms with van der Waals surface area (Å²) in [7, 11) is -2.75. The zero-order valence-corrected chi connectivity index (χ0v) is 55.2. The van der Waals surface area contributed by atoms with Crippen LogP contribution >= 0.6 is 58.3 Å². The van der Waals surface area contributed by atoms with Crippen LogP contribution in [0.5, 0.6) is 0 Å². The molecule has 454 valence electrons. The maximum atomic E-state index is 15.5. The van der Waals surface area contributed by atoms with Crippen LogP contribution in [0.1, 0.15) is 115 Å². The Bertz CT molecular complexity index is 2820. The molecule has 0 radical (unpaired) electrons. The molecule has 6 aromatic rings. The zero-order chi connectivity index (χ0) is 61.8. The fraction of sp³-hybridized carbons (Fsp3) is 0.391. The van der Waals surface area contributed by atoms with Crippen molar-refractivity contribution in [2.45, 2.75) is 142 Å². The number of rotatable bonds is 31. The molecule has 16 heteroatoms. The largest absolute Gasteiger partial charge is 0.461 e. The average Bonchev–Trinajstić information content (AvgIpc) is 1.27.